The van der Waals surface area contributed by atoms with E-state index in [2.05, 4.69) is 10.1 Å². The number of carbonyl (C=O) groups is 1. The fourth-order valence-electron chi connectivity index (χ4n) is 3.92. The molecule has 1 aromatic carbocycles. The molecular formula is C16H20N2O3. The molecule has 3 atom stereocenters. The number of benzene rings is 1. The van der Waals surface area contributed by atoms with Crippen LogP contribution < -0.4 is 4.90 Å². The molecule has 0 aliphatic heterocycles. The number of esters is 1. The van der Waals surface area contributed by atoms with Crippen LogP contribution in [0.4, 0.5) is 5.69 Å². The summed E-state index contributed by atoms with van der Waals surface area (Å²) in [7, 11) is 3.34. The topological polar surface area (TPSA) is 62.1 Å². The van der Waals surface area contributed by atoms with Crippen molar-refractivity contribution in [2.24, 2.45) is 17.0 Å². The van der Waals surface area contributed by atoms with Gasteiger partial charge in [0.15, 0.2) is 0 Å². The third-order valence-corrected chi connectivity index (χ3v) is 4.86. The first kappa shape index (κ1) is 13.9. The lowest BCUT2D eigenvalue weighted by Crippen LogP contribution is -2.43. The first-order valence-corrected chi connectivity index (χ1v) is 7.29. The van der Waals surface area contributed by atoms with Crippen LogP contribution in [0.1, 0.15) is 29.6 Å². The first-order valence-electron chi connectivity index (χ1n) is 7.29. The zero-order valence-electron chi connectivity index (χ0n) is 12.3. The van der Waals surface area contributed by atoms with Gasteiger partial charge in [-0.1, -0.05) is 17.3 Å². The van der Waals surface area contributed by atoms with Crippen LogP contribution in [0.5, 0.6) is 0 Å². The second kappa shape index (κ2) is 5.39. The summed E-state index contributed by atoms with van der Waals surface area (Å²) in [5.41, 5.74) is 2.22. The van der Waals surface area contributed by atoms with Gasteiger partial charge in [-0.25, -0.2) is 4.79 Å². The van der Waals surface area contributed by atoms with Crippen molar-refractivity contribution in [2.45, 2.75) is 25.3 Å². The molecule has 3 unspecified atom stereocenters. The second-order valence-electron chi connectivity index (χ2n) is 5.86. The van der Waals surface area contributed by atoms with Gasteiger partial charge in [0.25, 0.3) is 0 Å². The van der Waals surface area contributed by atoms with Crippen molar-refractivity contribution in [3.63, 3.8) is 0 Å². The van der Waals surface area contributed by atoms with E-state index in [4.69, 9.17) is 4.74 Å². The van der Waals surface area contributed by atoms with E-state index in [0.717, 1.165) is 30.7 Å². The number of methoxy groups -OCH3 is 1. The molecule has 2 aliphatic rings. The molecule has 112 valence electrons. The third kappa shape index (κ3) is 2.17. The van der Waals surface area contributed by atoms with Crippen molar-refractivity contribution in [3.05, 3.63) is 29.8 Å². The van der Waals surface area contributed by atoms with E-state index < -0.39 is 0 Å². The van der Waals surface area contributed by atoms with E-state index in [1.165, 1.54) is 7.11 Å². The number of hydrogen-bond donors (Lipinski definition) is 1. The Labute approximate surface area is 124 Å². The number of hydrogen-bond acceptors (Lipinski definition) is 5. The number of nitrogens with zero attached hydrogens (tertiary/aromatic N) is 2. The fraction of sp³-hybridized carbons (Fsp3) is 0.500. The highest BCUT2D eigenvalue weighted by Crippen LogP contribution is 2.45. The van der Waals surface area contributed by atoms with Crippen molar-refractivity contribution in [3.8, 4) is 0 Å². The minimum atomic E-state index is -0.344. The van der Waals surface area contributed by atoms with Crippen LogP contribution in [0.3, 0.4) is 0 Å². The maximum absolute atomic E-state index is 11.9. The highest BCUT2D eigenvalue weighted by atomic mass is 16.5. The summed E-state index contributed by atoms with van der Waals surface area (Å²) >= 11 is 0. The van der Waals surface area contributed by atoms with E-state index in [-0.39, 0.29) is 12.0 Å². The van der Waals surface area contributed by atoms with Gasteiger partial charge in [-0.05, 0) is 37.3 Å². The molecule has 2 saturated carbocycles. The Hall–Kier alpha value is -2.04. The molecule has 2 fully saturated rings. The molecule has 0 radical (unpaired) electrons. The molecule has 5 nitrogen and oxygen atoms in total. The summed E-state index contributed by atoms with van der Waals surface area (Å²) in [5, 5.41) is 12.9. The first-order chi connectivity index (χ1) is 10.2. The van der Waals surface area contributed by atoms with E-state index in [9.17, 15) is 10.0 Å². The standard InChI is InChI=1S/C16H20N2O3/c1-18(13-6-4-3-5-12(13)16(19)21-2)15-11-8-7-10(9-11)14(15)17-20/h3-6,10-11,15,20H,7-9H2,1-2H3/b17-14+. The van der Waals surface area contributed by atoms with Crippen LogP contribution in [0.25, 0.3) is 0 Å². The third-order valence-electron chi connectivity index (χ3n) is 4.86. The van der Waals surface area contributed by atoms with Gasteiger partial charge in [0.05, 0.1) is 30.1 Å². The minimum absolute atomic E-state index is 0.0690. The Morgan fingerprint density at radius 2 is 2.14 bits per heavy atom. The average molecular weight is 288 g/mol. The normalized spacial score (nSPS) is 28.9. The lowest BCUT2D eigenvalue weighted by Gasteiger charge is -2.34. The summed E-state index contributed by atoms with van der Waals surface area (Å²) in [6.07, 6.45) is 3.33. The highest BCUT2D eigenvalue weighted by Gasteiger charge is 2.47. The molecule has 21 heavy (non-hydrogen) atoms. The van der Waals surface area contributed by atoms with Gasteiger partial charge in [0, 0.05) is 13.0 Å². The van der Waals surface area contributed by atoms with Gasteiger partial charge in [0.2, 0.25) is 0 Å². The average Bonchev–Trinajstić information content (AvgIpc) is 3.14. The van der Waals surface area contributed by atoms with Crippen LogP contribution in [-0.4, -0.2) is 37.1 Å². The van der Waals surface area contributed by atoms with Gasteiger partial charge in [-0.2, -0.15) is 0 Å². The monoisotopic (exact) mass is 288 g/mol. The number of rotatable bonds is 3. The van der Waals surface area contributed by atoms with Crippen LogP contribution in [-0.2, 0) is 4.74 Å². The van der Waals surface area contributed by atoms with Gasteiger partial charge in [0.1, 0.15) is 0 Å². The van der Waals surface area contributed by atoms with E-state index in [1.807, 2.05) is 25.2 Å². The van der Waals surface area contributed by atoms with Gasteiger partial charge in [-0.15, -0.1) is 0 Å². The molecule has 0 saturated heterocycles. The second-order valence-corrected chi connectivity index (χ2v) is 5.86. The van der Waals surface area contributed by atoms with Crippen molar-refractivity contribution in [1.82, 2.24) is 0 Å². The Morgan fingerprint density at radius 1 is 1.38 bits per heavy atom. The molecule has 0 amide bonds. The van der Waals surface area contributed by atoms with Crippen molar-refractivity contribution in [1.29, 1.82) is 0 Å². The van der Waals surface area contributed by atoms with E-state index in [0.29, 0.717) is 17.4 Å². The van der Waals surface area contributed by atoms with Crippen LogP contribution in [0.15, 0.2) is 29.4 Å². The van der Waals surface area contributed by atoms with Gasteiger partial charge in [-0.3, -0.25) is 0 Å². The Balaban J connectivity index is 1.96. The smallest absolute Gasteiger partial charge is 0.339 e. The summed E-state index contributed by atoms with van der Waals surface area (Å²) in [4.78, 5) is 14.0. The minimum Gasteiger partial charge on any atom is -0.465 e. The number of oxime groups is 1. The number of anilines is 1. The summed E-state index contributed by atoms with van der Waals surface area (Å²) < 4.78 is 4.86. The van der Waals surface area contributed by atoms with Crippen molar-refractivity contribution >= 4 is 17.4 Å². The Kier molecular flexibility index (Phi) is 3.57. The van der Waals surface area contributed by atoms with Crippen LogP contribution in [0, 0.1) is 11.8 Å². The Morgan fingerprint density at radius 3 is 2.86 bits per heavy atom. The van der Waals surface area contributed by atoms with E-state index >= 15 is 0 Å². The Bertz CT molecular complexity index is 585. The molecular weight excluding hydrogens is 268 g/mol. The number of ether oxygens (including phenoxy) is 1. The van der Waals surface area contributed by atoms with Gasteiger partial charge < -0.3 is 14.8 Å². The highest BCUT2D eigenvalue weighted by molar-refractivity contribution is 6.00. The SMILES string of the molecule is COC(=O)c1ccccc1N(C)C1/C(=N/O)C2CCC1C2. The van der Waals surface area contributed by atoms with Crippen LogP contribution in [0.2, 0.25) is 0 Å². The van der Waals surface area contributed by atoms with Crippen molar-refractivity contribution in [2.75, 3.05) is 19.1 Å². The fourth-order valence-corrected chi connectivity index (χ4v) is 3.92. The zero-order valence-corrected chi connectivity index (χ0v) is 12.3. The summed E-state index contributed by atoms with van der Waals surface area (Å²) in [6, 6.07) is 7.47. The molecule has 2 bridgehead atoms. The molecule has 1 N–H and O–H groups in total. The van der Waals surface area contributed by atoms with Gasteiger partial charge >= 0.3 is 5.97 Å². The predicted molar refractivity (Wildman–Crippen MR) is 80.0 cm³/mol. The number of fused-ring (bicyclic) bond motifs is 2. The van der Waals surface area contributed by atoms with Crippen molar-refractivity contribution < 1.29 is 14.7 Å². The maximum atomic E-state index is 11.9. The maximum Gasteiger partial charge on any atom is 0.339 e. The number of carbonyl (C=O) groups excluding carboxylic acids is 1. The quantitative estimate of drug-likeness (QED) is 0.527. The predicted octanol–water partition coefficient (Wildman–Crippen LogP) is 2.54. The lowest BCUT2D eigenvalue weighted by atomic mass is 9.91. The molecule has 1 aromatic rings. The molecule has 0 spiro atoms. The number of para-hydroxylation sites is 1. The molecule has 0 aromatic heterocycles. The summed E-state index contributed by atoms with van der Waals surface area (Å²) in [5.74, 6) is 0.539. The molecule has 3 rings (SSSR count). The molecule has 2 aliphatic carbocycles. The van der Waals surface area contributed by atoms with Crippen LogP contribution >= 0.6 is 0 Å². The molecule has 0 heterocycles. The largest absolute Gasteiger partial charge is 0.465 e. The lowest BCUT2D eigenvalue weighted by molar-refractivity contribution is 0.0601. The van der Waals surface area contributed by atoms with E-state index in [1.54, 1.807) is 6.07 Å². The summed E-state index contributed by atoms with van der Waals surface area (Å²) in [6.45, 7) is 0. The zero-order chi connectivity index (χ0) is 15.0. The molecule has 5 heteroatoms.